The van der Waals surface area contributed by atoms with Gasteiger partial charge >= 0.3 is 5.97 Å². The summed E-state index contributed by atoms with van der Waals surface area (Å²) in [6.45, 7) is 2.21. The van der Waals surface area contributed by atoms with Crippen molar-refractivity contribution >= 4 is 5.97 Å². The van der Waals surface area contributed by atoms with Crippen LogP contribution < -0.4 is 0 Å². The number of methoxy groups -OCH3 is 1. The standard InChI is InChI=1S/C9H14O2/c1-7-3-4-8(5-7)6-9(10)11-2/h6-7H,3-5H2,1-2H3/b8-6-. The predicted molar refractivity (Wildman–Crippen MR) is 43.1 cm³/mol. The van der Waals surface area contributed by atoms with Gasteiger partial charge in [0, 0.05) is 6.08 Å². The summed E-state index contributed by atoms with van der Waals surface area (Å²) in [6, 6.07) is 0. The van der Waals surface area contributed by atoms with Gasteiger partial charge in [0.1, 0.15) is 0 Å². The van der Waals surface area contributed by atoms with E-state index in [1.54, 1.807) is 6.08 Å². The first-order chi connectivity index (χ1) is 5.22. The Morgan fingerprint density at radius 3 is 2.91 bits per heavy atom. The lowest BCUT2D eigenvalue weighted by molar-refractivity contribution is -0.134. The van der Waals surface area contributed by atoms with E-state index in [9.17, 15) is 4.79 Å². The Hall–Kier alpha value is -0.790. The van der Waals surface area contributed by atoms with Crippen LogP contribution in [0.5, 0.6) is 0 Å². The van der Waals surface area contributed by atoms with Crippen LogP contribution >= 0.6 is 0 Å². The van der Waals surface area contributed by atoms with Crippen LogP contribution in [0.25, 0.3) is 0 Å². The molecule has 1 unspecified atom stereocenters. The van der Waals surface area contributed by atoms with Crippen LogP contribution in [0.2, 0.25) is 0 Å². The lowest BCUT2D eigenvalue weighted by Crippen LogP contribution is -1.95. The molecule has 0 heterocycles. The van der Waals surface area contributed by atoms with E-state index in [1.165, 1.54) is 19.1 Å². The largest absolute Gasteiger partial charge is 0.466 e. The molecule has 0 aromatic rings. The van der Waals surface area contributed by atoms with Crippen molar-refractivity contribution in [1.82, 2.24) is 0 Å². The van der Waals surface area contributed by atoms with Gasteiger partial charge in [0.15, 0.2) is 0 Å². The summed E-state index contributed by atoms with van der Waals surface area (Å²) in [6.07, 6.45) is 4.97. The van der Waals surface area contributed by atoms with Gasteiger partial charge in [-0.3, -0.25) is 0 Å². The maximum Gasteiger partial charge on any atom is 0.330 e. The number of hydrogen-bond donors (Lipinski definition) is 0. The highest BCUT2D eigenvalue weighted by molar-refractivity contribution is 5.82. The summed E-state index contributed by atoms with van der Waals surface area (Å²) in [5, 5.41) is 0. The smallest absolute Gasteiger partial charge is 0.330 e. The second-order valence-electron chi connectivity index (χ2n) is 3.17. The van der Waals surface area contributed by atoms with Gasteiger partial charge < -0.3 is 4.74 Å². The van der Waals surface area contributed by atoms with Gasteiger partial charge in [-0.1, -0.05) is 12.5 Å². The maximum absolute atomic E-state index is 10.8. The van der Waals surface area contributed by atoms with E-state index in [1.807, 2.05) is 0 Å². The van der Waals surface area contributed by atoms with Crippen LogP contribution in [-0.2, 0) is 9.53 Å². The molecule has 1 rings (SSSR count). The molecular weight excluding hydrogens is 140 g/mol. The van der Waals surface area contributed by atoms with Crippen LogP contribution in [0.4, 0.5) is 0 Å². The Kier molecular flexibility index (Phi) is 2.69. The number of ether oxygens (including phenoxy) is 1. The SMILES string of the molecule is COC(=O)/C=C1/CCC(C)C1. The number of esters is 1. The molecular formula is C9H14O2. The molecule has 0 bridgehead atoms. The van der Waals surface area contributed by atoms with E-state index < -0.39 is 0 Å². The van der Waals surface area contributed by atoms with Crippen LogP contribution in [0, 0.1) is 5.92 Å². The van der Waals surface area contributed by atoms with Crippen molar-refractivity contribution in [3.05, 3.63) is 11.6 Å². The number of carbonyl (C=O) groups excluding carboxylic acids is 1. The highest BCUT2D eigenvalue weighted by Crippen LogP contribution is 2.29. The molecule has 0 radical (unpaired) electrons. The Morgan fingerprint density at radius 2 is 2.45 bits per heavy atom. The van der Waals surface area contributed by atoms with Gasteiger partial charge in [0.25, 0.3) is 0 Å². The molecule has 0 amide bonds. The van der Waals surface area contributed by atoms with E-state index >= 15 is 0 Å². The third kappa shape index (κ3) is 2.37. The van der Waals surface area contributed by atoms with Gasteiger partial charge in [0.05, 0.1) is 7.11 Å². The van der Waals surface area contributed by atoms with Crippen molar-refractivity contribution in [2.75, 3.05) is 7.11 Å². The average molecular weight is 154 g/mol. The topological polar surface area (TPSA) is 26.3 Å². The normalized spacial score (nSPS) is 27.5. The van der Waals surface area contributed by atoms with Crippen LogP contribution in [0.3, 0.4) is 0 Å². The van der Waals surface area contributed by atoms with Gasteiger partial charge in [-0.25, -0.2) is 4.79 Å². The zero-order valence-corrected chi connectivity index (χ0v) is 7.09. The summed E-state index contributed by atoms with van der Waals surface area (Å²) >= 11 is 0. The molecule has 1 fully saturated rings. The molecule has 2 heteroatoms. The number of rotatable bonds is 1. The molecule has 11 heavy (non-hydrogen) atoms. The monoisotopic (exact) mass is 154 g/mol. The summed E-state index contributed by atoms with van der Waals surface area (Å²) < 4.78 is 4.53. The first-order valence-corrected chi connectivity index (χ1v) is 3.99. The Balaban J connectivity index is 2.48. The summed E-state index contributed by atoms with van der Waals surface area (Å²) in [5.74, 6) is 0.528. The highest BCUT2D eigenvalue weighted by atomic mass is 16.5. The lowest BCUT2D eigenvalue weighted by Gasteiger charge is -1.95. The summed E-state index contributed by atoms with van der Waals surface area (Å²) in [7, 11) is 1.41. The quantitative estimate of drug-likeness (QED) is 0.426. The molecule has 0 aromatic heterocycles. The number of carbonyl (C=O) groups is 1. The molecule has 1 atom stereocenters. The maximum atomic E-state index is 10.8. The Bertz CT molecular complexity index is 182. The number of hydrogen-bond acceptors (Lipinski definition) is 2. The number of allylic oxidation sites excluding steroid dienone is 1. The first-order valence-electron chi connectivity index (χ1n) is 3.99. The Labute approximate surface area is 67.2 Å². The zero-order valence-electron chi connectivity index (χ0n) is 7.09. The van der Waals surface area contributed by atoms with Crippen LogP contribution in [-0.4, -0.2) is 13.1 Å². The van der Waals surface area contributed by atoms with Crippen molar-refractivity contribution < 1.29 is 9.53 Å². The van der Waals surface area contributed by atoms with Gasteiger partial charge in [-0.05, 0) is 25.2 Å². The van der Waals surface area contributed by atoms with E-state index in [0.29, 0.717) is 0 Å². The second-order valence-corrected chi connectivity index (χ2v) is 3.17. The van der Waals surface area contributed by atoms with Crippen LogP contribution in [0.1, 0.15) is 26.2 Å². The summed E-state index contributed by atoms with van der Waals surface area (Å²) in [4.78, 5) is 10.8. The van der Waals surface area contributed by atoms with E-state index in [2.05, 4.69) is 11.7 Å². The molecule has 0 spiro atoms. The third-order valence-electron chi connectivity index (χ3n) is 2.09. The second kappa shape index (κ2) is 3.56. The predicted octanol–water partition coefficient (Wildman–Crippen LogP) is 1.91. The first kappa shape index (κ1) is 8.31. The fourth-order valence-electron chi connectivity index (χ4n) is 1.44. The fourth-order valence-corrected chi connectivity index (χ4v) is 1.44. The highest BCUT2D eigenvalue weighted by Gasteiger charge is 2.15. The van der Waals surface area contributed by atoms with Gasteiger partial charge in [-0.2, -0.15) is 0 Å². The lowest BCUT2D eigenvalue weighted by atomic mass is 10.1. The van der Waals surface area contributed by atoms with Crippen molar-refractivity contribution in [2.45, 2.75) is 26.2 Å². The molecule has 0 saturated heterocycles. The minimum atomic E-state index is -0.214. The fraction of sp³-hybridized carbons (Fsp3) is 0.667. The average Bonchev–Trinajstić information content (AvgIpc) is 2.35. The van der Waals surface area contributed by atoms with E-state index in [0.717, 1.165) is 18.8 Å². The van der Waals surface area contributed by atoms with E-state index in [4.69, 9.17) is 0 Å². The molecule has 0 aliphatic heterocycles. The summed E-state index contributed by atoms with van der Waals surface area (Å²) in [5.41, 5.74) is 1.24. The molecule has 1 saturated carbocycles. The molecule has 62 valence electrons. The third-order valence-corrected chi connectivity index (χ3v) is 2.09. The zero-order chi connectivity index (χ0) is 8.27. The molecule has 1 aliphatic carbocycles. The molecule has 0 N–H and O–H groups in total. The molecule has 2 nitrogen and oxygen atoms in total. The Morgan fingerprint density at radius 1 is 1.73 bits per heavy atom. The van der Waals surface area contributed by atoms with Crippen LogP contribution in [0.15, 0.2) is 11.6 Å². The van der Waals surface area contributed by atoms with Crippen molar-refractivity contribution in [3.63, 3.8) is 0 Å². The van der Waals surface area contributed by atoms with Gasteiger partial charge in [0.2, 0.25) is 0 Å². The van der Waals surface area contributed by atoms with Crippen molar-refractivity contribution in [1.29, 1.82) is 0 Å². The van der Waals surface area contributed by atoms with E-state index in [-0.39, 0.29) is 5.97 Å². The van der Waals surface area contributed by atoms with Gasteiger partial charge in [-0.15, -0.1) is 0 Å². The van der Waals surface area contributed by atoms with Crippen molar-refractivity contribution in [3.8, 4) is 0 Å². The molecule has 0 aromatic carbocycles. The minimum Gasteiger partial charge on any atom is -0.466 e. The minimum absolute atomic E-state index is 0.214. The molecule has 1 aliphatic rings. The van der Waals surface area contributed by atoms with Crippen molar-refractivity contribution in [2.24, 2.45) is 5.92 Å².